The van der Waals surface area contributed by atoms with Crippen molar-refractivity contribution in [2.75, 3.05) is 0 Å². The van der Waals surface area contributed by atoms with E-state index in [-0.39, 0.29) is 29.9 Å². The van der Waals surface area contributed by atoms with Gasteiger partial charge in [-0.2, -0.15) is 0 Å². The summed E-state index contributed by atoms with van der Waals surface area (Å²) < 4.78 is 14.9. The Balaban J connectivity index is 1.48. The van der Waals surface area contributed by atoms with Gasteiger partial charge < -0.3 is 24.9 Å². The molecule has 0 unspecified atom stereocenters. The fourth-order valence-electron chi connectivity index (χ4n) is 4.73. The predicted molar refractivity (Wildman–Crippen MR) is 145 cm³/mol. The van der Waals surface area contributed by atoms with Gasteiger partial charge in [-0.05, 0) is 39.9 Å². The highest BCUT2D eigenvalue weighted by Crippen LogP contribution is 2.43. The van der Waals surface area contributed by atoms with Crippen molar-refractivity contribution in [1.82, 2.24) is 9.55 Å². The highest BCUT2D eigenvalue weighted by Gasteiger charge is 2.39. The lowest BCUT2D eigenvalue weighted by Gasteiger charge is -2.41. The zero-order valence-corrected chi connectivity index (χ0v) is 21.9. The summed E-state index contributed by atoms with van der Waals surface area (Å²) >= 11 is 12.5. The number of nitrogens with zero attached hydrogens (tertiary/aromatic N) is 2. The van der Waals surface area contributed by atoms with Crippen LogP contribution in [0.1, 0.15) is 41.6 Å². The summed E-state index contributed by atoms with van der Waals surface area (Å²) in [5, 5.41) is 10.1. The molecule has 4 aromatic rings. The molecular formula is C29H29Cl2N3O3. The minimum atomic E-state index is -0.598. The van der Waals surface area contributed by atoms with Gasteiger partial charge in [-0.15, -0.1) is 0 Å². The summed E-state index contributed by atoms with van der Waals surface area (Å²) in [5.41, 5.74) is 11.9. The van der Waals surface area contributed by atoms with Crippen LogP contribution in [0.3, 0.4) is 0 Å². The number of aliphatic hydroxyl groups excluding tert-OH is 1. The molecule has 2 heterocycles. The summed E-state index contributed by atoms with van der Waals surface area (Å²) in [6.07, 6.45) is 0.562. The van der Waals surface area contributed by atoms with Crippen molar-refractivity contribution in [3.05, 3.63) is 112 Å². The molecule has 0 bridgehead atoms. The second kappa shape index (κ2) is 11.4. The Morgan fingerprint density at radius 2 is 1.65 bits per heavy atom. The van der Waals surface area contributed by atoms with Gasteiger partial charge in [0.2, 0.25) is 0 Å². The first-order chi connectivity index (χ1) is 18.0. The molecule has 1 aliphatic rings. The molecule has 5 rings (SSSR count). The topological polar surface area (TPSA) is 82.5 Å². The Kier molecular flexibility index (Phi) is 7.95. The first kappa shape index (κ1) is 25.9. The number of aromatic nitrogens is 2. The lowest BCUT2D eigenvalue weighted by atomic mass is 9.90. The third-order valence-electron chi connectivity index (χ3n) is 6.89. The van der Waals surface area contributed by atoms with Crippen molar-refractivity contribution in [1.29, 1.82) is 0 Å². The summed E-state index contributed by atoms with van der Waals surface area (Å²) in [7, 11) is 0. The van der Waals surface area contributed by atoms with Crippen LogP contribution in [-0.2, 0) is 29.2 Å². The lowest BCUT2D eigenvalue weighted by molar-refractivity contribution is -0.276. The Bertz CT molecular complexity index is 1360. The highest BCUT2D eigenvalue weighted by atomic mass is 35.5. The number of hydrogen-bond acceptors (Lipinski definition) is 5. The van der Waals surface area contributed by atoms with E-state index < -0.39 is 6.29 Å². The van der Waals surface area contributed by atoms with Crippen molar-refractivity contribution in [3.8, 4) is 11.1 Å². The number of rotatable bonds is 7. The van der Waals surface area contributed by atoms with Gasteiger partial charge in [0.15, 0.2) is 11.4 Å². The van der Waals surface area contributed by atoms with E-state index in [2.05, 4.69) is 36.2 Å². The maximum atomic E-state index is 9.48. The molecule has 1 fully saturated rings. The molecule has 192 valence electrons. The van der Waals surface area contributed by atoms with E-state index in [1.165, 1.54) is 0 Å². The van der Waals surface area contributed by atoms with Gasteiger partial charge in [-0.25, -0.2) is 4.98 Å². The fourth-order valence-corrected chi connectivity index (χ4v) is 5.05. The Labute approximate surface area is 226 Å². The molecule has 6 nitrogen and oxygen atoms in total. The smallest absolute Gasteiger partial charge is 0.185 e. The van der Waals surface area contributed by atoms with Crippen LogP contribution >= 0.6 is 23.2 Å². The van der Waals surface area contributed by atoms with E-state index in [1.807, 2.05) is 48.5 Å². The normalized spacial score (nSPS) is 21.8. The van der Waals surface area contributed by atoms with Gasteiger partial charge in [0.25, 0.3) is 0 Å². The summed E-state index contributed by atoms with van der Waals surface area (Å²) in [6.45, 7) is 3.06. The van der Waals surface area contributed by atoms with Gasteiger partial charge in [0, 0.05) is 18.0 Å². The number of benzene rings is 3. The van der Waals surface area contributed by atoms with Crippen LogP contribution in [-0.4, -0.2) is 20.8 Å². The van der Waals surface area contributed by atoms with Crippen LogP contribution in [0.4, 0.5) is 0 Å². The number of halogens is 2. The predicted octanol–water partition coefficient (Wildman–Crippen LogP) is 6.30. The maximum Gasteiger partial charge on any atom is 0.185 e. The molecule has 3 aromatic carbocycles. The van der Waals surface area contributed by atoms with Crippen LogP contribution < -0.4 is 5.73 Å². The van der Waals surface area contributed by atoms with Crippen molar-refractivity contribution in [2.45, 2.75) is 45.1 Å². The van der Waals surface area contributed by atoms with Crippen LogP contribution in [0.25, 0.3) is 11.1 Å². The Morgan fingerprint density at radius 1 is 0.919 bits per heavy atom. The molecule has 0 saturated carbocycles. The maximum absolute atomic E-state index is 9.48. The van der Waals surface area contributed by atoms with Crippen molar-refractivity contribution in [3.63, 3.8) is 0 Å². The standard InChI is InChI=1S/C29H29Cl2N3O3/c1-18-25(15-34-17-33-27(30)28(34)31)36-29(37-26(18)21-10-8-19(16-35)9-11-21)24-7-3-6-23(13-24)22-5-2-4-20(12-22)14-32/h2-13,17-18,25-26,29,35H,14-16,32H2,1H3/t18-,25+,26+,29+/m1/s1. The first-order valence-electron chi connectivity index (χ1n) is 12.2. The molecule has 37 heavy (non-hydrogen) atoms. The number of ether oxygens (including phenoxy) is 2. The van der Waals surface area contributed by atoms with Crippen LogP contribution in [0.15, 0.2) is 79.1 Å². The van der Waals surface area contributed by atoms with Gasteiger partial charge >= 0.3 is 0 Å². The van der Waals surface area contributed by atoms with Gasteiger partial charge in [-0.3, -0.25) is 0 Å². The van der Waals surface area contributed by atoms with Crippen LogP contribution in [0.2, 0.25) is 10.3 Å². The van der Waals surface area contributed by atoms with Crippen LogP contribution in [0, 0.1) is 5.92 Å². The average molecular weight is 538 g/mol. The molecule has 8 heteroatoms. The molecule has 3 N–H and O–H groups in total. The summed E-state index contributed by atoms with van der Waals surface area (Å²) in [5.74, 6) is -0.00196. The molecule has 0 amide bonds. The Hall–Kier alpha value is -2.71. The van der Waals surface area contributed by atoms with Gasteiger partial charge in [0.1, 0.15) is 5.15 Å². The minimum Gasteiger partial charge on any atom is -0.392 e. The molecule has 1 aromatic heterocycles. The number of imidazole rings is 1. The SMILES string of the molecule is C[C@@H]1[C@H](Cn2cnc(Cl)c2Cl)O[C@H](c2cccc(-c3cccc(CN)c3)c2)O[C@@H]1c1ccc(CO)cc1. The first-order valence-corrected chi connectivity index (χ1v) is 13.0. The van der Waals surface area contributed by atoms with E-state index in [0.717, 1.165) is 33.4 Å². The van der Waals surface area contributed by atoms with Gasteiger partial charge in [-0.1, -0.05) is 90.8 Å². The van der Waals surface area contributed by atoms with E-state index >= 15 is 0 Å². The van der Waals surface area contributed by atoms with Gasteiger partial charge in [0.05, 0.1) is 31.7 Å². The third-order valence-corrected chi connectivity index (χ3v) is 7.66. The van der Waals surface area contributed by atoms with Crippen molar-refractivity contribution in [2.24, 2.45) is 11.7 Å². The van der Waals surface area contributed by atoms with Crippen LogP contribution in [0.5, 0.6) is 0 Å². The van der Waals surface area contributed by atoms with Crippen molar-refractivity contribution < 1.29 is 14.6 Å². The molecule has 1 aliphatic heterocycles. The van der Waals surface area contributed by atoms with E-state index in [4.69, 9.17) is 38.4 Å². The second-order valence-corrected chi connectivity index (χ2v) is 10.0. The van der Waals surface area contributed by atoms with E-state index in [0.29, 0.717) is 18.2 Å². The lowest BCUT2D eigenvalue weighted by Crippen LogP contribution is -2.39. The number of hydrogen-bond donors (Lipinski definition) is 2. The largest absolute Gasteiger partial charge is 0.392 e. The minimum absolute atomic E-state index is 0.00196. The molecule has 0 radical (unpaired) electrons. The fraction of sp³-hybridized carbons (Fsp3) is 0.276. The highest BCUT2D eigenvalue weighted by molar-refractivity contribution is 6.40. The second-order valence-electron chi connectivity index (χ2n) is 9.33. The average Bonchev–Trinajstić information content (AvgIpc) is 3.26. The summed E-state index contributed by atoms with van der Waals surface area (Å²) in [4.78, 5) is 4.12. The van der Waals surface area contributed by atoms with E-state index in [9.17, 15) is 5.11 Å². The Morgan fingerprint density at radius 3 is 2.32 bits per heavy atom. The van der Waals surface area contributed by atoms with Crippen molar-refractivity contribution >= 4 is 23.2 Å². The number of aliphatic hydroxyl groups is 1. The summed E-state index contributed by atoms with van der Waals surface area (Å²) in [6, 6.07) is 24.2. The quantitative estimate of drug-likeness (QED) is 0.289. The zero-order chi connectivity index (χ0) is 25.9. The molecule has 1 saturated heterocycles. The molecule has 0 spiro atoms. The monoisotopic (exact) mass is 537 g/mol. The number of nitrogens with two attached hydrogens (primary N) is 1. The van der Waals surface area contributed by atoms with E-state index in [1.54, 1.807) is 10.9 Å². The zero-order valence-electron chi connectivity index (χ0n) is 20.4. The molecule has 4 atom stereocenters. The molecular weight excluding hydrogens is 509 g/mol. The molecule has 0 aliphatic carbocycles. The third kappa shape index (κ3) is 5.60.